The molecule has 1 aromatic carbocycles. The molecule has 2 atom stereocenters. The van der Waals surface area contributed by atoms with Crippen molar-refractivity contribution in [3.05, 3.63) is 77.9 Å². The third-order valence-corrected chi connectivity index (χ3v) is 4.35. The highest BCUT2D eigenvalue weighted by Gasteiger charge is 2.26. The van der Waals surface area contributed by atoms with Crippen molar-refractivity contribution in [2.75, 3.05) is 0 Å². The second-order valence-electron chi connectivity index (χ2n) is 5.68. The van der Waals surface area contributed by atoms with E-state index in [1.54, 1.807) is 0 Å². The van der Waals surface area contributed by atoms with E-state index < -0.39 is 0 Å². The Balaban J connectivity index is 1.86. The first-order valence-electron chi connectivity index (χ1n) is 6.98. The summed E-state index contributed by atoms with van der Waals surface area (Å²) < 4.78 is 0. The summed E-state index contributed by atoms with van der Waals surface area (Å²) in [5, 5.41) is 0. The van der Waals surface area contributed by atoms with Gasteiger partial charge >= 0.3 is 0 Å². The summed E-state index contributed by atoms with van der Waals surface area (Å²) in [7, 11) is 0. The molecule has 0 heterocycles. The van der Waals surface area contributed by atoms with Gasteiger partial charge in [-0.1, -0.05) is 61.2 Å². The van der Waals surface area contributed by atoms with E-state index in [2.05, 4.69) is 62.6 Å². The quantitative estimate of drug-likeness (QED) is 0.649. The van der Waals surface area contributed by atoms with Crippen molar-refractivity contribution in [3.63, 3.8) is 0 Å². The molecule has 0 amide bonds. The molecular formula is C19H20. The summed E-state index contributed by atoms with van der Waals surface area (Å²) >= 11 is 0. The molecule has 0 radical (unpaired) electrons. The molecule has 96 valence electrons. The van der Waals surface area contributed by atoms with E-state index in [-0.39, 0.29) is 0 Å². The Morgan fingerprint density at radius 3 is 2.74 bits per heavy atom. The third-order valence-electron chi connectivity index (χ3n) is 4.35. The van der Waals surface area contributed by atoms with Crippen LogP contribution in [-0.4, -0.2) is 0 Å². The average Bonchev–Trinajstić information content (AvgIpc) is 2.89. The Morgan fingerprint density at radius 2 is 2.00 bits per heavy atom. The molecule has 0 saturated carbocycles. The van der Waals surface area contributed by atoms with Gasteiger partial charge in [-0.25, -0.2) is 0 Å². The maximum atomic E-state index is 4.33. The zero-order valence-corrected chi connectivity index (χ0v) is 11.5. The average molecular weight is 248 g/mol. The van der Waals surface area contributed by atoms with E-state index in [0.29, 0.717) is 11.8 Å². The minimum Gasteiger partial charge on any atom is -0.0995 e. The van der Waals surface area contributed by atoms with Crippen LogP contribution in [0.15, 0.2) is 66.8 Å². The molecule has 2 aliphatic rings. The topological polar surface area (TPSA) is 0 Å². The summed E-state index contributed by atoms with van der Waals surface area (Å²) in [6.45, 7) is 10.5. The van der Waals surface area contributed by atoms with Crippen LogP contribution in [0, 0.1) is 11.8 Å². The van der Waals surface area contributed by atoms with Crippen LogP contribution in [0.4, 0.5) is 0 Å². The van der Waals surface area contributed by atoms with Crippen molar-refractivity contribution in [3.8, 4) is 0 Å². The van der Waals surface area contributed by atoms with Gasteiger partial charge in [-0.05, 0) is 48.0 Å². The number of hydrogen-bond acceptors (Lipinski definition) is 0. The normalized spacial score (nSPS) is 25.1. The molecule has 3 rings (SSSR count). The fraction of sp³-hybridized carbons (Fsp3) is 0.263. The van der Waals surface area contributed by atoms with E-state index >= 15 is 0 Å². The first-order valence-corrected chi connectivity index (χ1v) is 6.98. The van der Waals surface area contributed by atoms with Gasteiger partial charge in [0.15, 0.2) is 0 Å². The molecule has 0 fully saturated rings. The van der Waals surface area contributed by atoms with Crippen LogP contribution in [-0.2, 0) is 6.42 Å². The van der Waals surface area contributed by atoms with Gasteiger partial charge < -0.3 is 0 Å². The van der Waals surface area contributed by atoms with Gasteiger partial charge in [-0.15, -0.1) is 0 Å². The SMILES string of the molecule is C=C1C(C2C=CC(C(=C)C)C2)=CCc2ccccc21. The lowest BCUT2D eigenvalue weighted by Gasteiger charge is -2.24. The molecule has 0 saturated heterocycles. The molecular weight excluding hydrogens is 228 g/mol. The van der Waals surface area contributed by atoms with Crippen molar-refractivity contribution in [2.45, 2.75) is 19.8 Å². The van der Waals surface area contributed by atoms with Crippen molar-refractivity contribution >= 4 is 5.57 Å². The van der Waals surface area contributed by atoms with E-state index in [9.17, 15) is 0 Å². The molecule has 0 bridgehead atoms. The van der Waals surface area contributed by atoms with Gasteiger partial charge in [-0.2, -0.15) is 0 Å². The molecule has 0 nitrogen and oxygen atoms in total. The van der Waals surface area contributed by atoms with Crippen LogP contribution in [0.25, 0.3) is 5.57 Å². The van der Waals surface area contributed by atoms with Crippen molar-refractivity contribution in [1.82, 2.24) is 0 Å². The number of hydrogen-bond donors (Lipinski definition) is 0. The van der Waals surface area contributed by atoms with Crippen LogP contribution < -0.4 is 0 Å². The van der Waals surface area contributed by atoms with Gasteiger partial charge in [0.25, 0.3) is 0 Å². The first kappa shape index (κ1) is 12.2. The lowest BCUT2D eigenvalue weighted by Crippen LogP contribution is -2.09. The number of rotatable bonds is 2. The smallest absolute Gasteiger partial charge is 0.00297 e. The fourth-order valence-corrected chi connectivity index (χ4v) is 3.16. The van der Waals surface area contributed by atoms with Crippen LogP contribution in [0.1, 0.15) is 24.5 Å². The predicted molar refractivity (Wildman–Crippen MR) is 82.8 cm³/mol. The van der Waals surface area contributed by atoms with Crippen LogP contribution in [0.2, 0.25) is 0 Å². The fourth-order valence-electron chi connectivity index (χ4n) is 3.16. The van der Waals surface area contributed by atoms with Gasteiger partial charge in [-0.3, -0.25) is 0 Å². The third kappa shape index (κ3) is 2.12. The highest BCUT2D eigenvalue weighted by Crippen LogP contribution is 2.41. The van der Waals surface area contributed by atoms with Crippen molar-refractivity contribution in [1.29, 1.82) is 0 Å². The van der Waals surface area contributed by atoms with Crippen molar-refractivity contribution in [2.24, 2.45) is 11.8 Å². The van der Waals surface area contributed by atoms with Crippen LogP contribution >= 0.6 is 0 Å². The maximum Gasteiger partial charge on any atom is 0.00297 e. The summed E-state index contributed by atoms with van der Waals surface area (Å²) in [6, 6.07) is 8.61. The highest BCUT2D eigenvalue weighted by atomic mass is 14.3. The lowest BCUT2D eigenvalue weighted by molar-refractivity contribution is 0.636. The molecule has 2 aliphatic carbocycles. The monoisotopic (exact) mass is 248 g/mol. The van der Waals surface area contributed by atoms with Gasteiger partial charge in [0.2, 0.25) is 0 Å². The summed E-state index contributed by atoms with van der Waals surface area (Å²) in [6.07, 6.45) is 9.20. The van der Waals surface area contributed by atoms with E-state index in [1.807, 2.05) is 0 Å². The second-order valence-corrected chi connectivity index (χ2v) is 5.68. The summed E-state index contributed by atoms with van der Waals surface area (Å²) in [5.74, 6) is 1.05. The summed E-state index contributed by atoms with van der Waals surface area (Å²) in [5.41, 5.74) is 6.61. The molecule has 19 heavy (non-hydrogen) atoms. The largest absolute Gasteiger partial charge is 0.0995 e. The molecule has 0 N–H and O–H groups in total. The zero-order valence-electron chi connectivity index (χ0n) is 11.5. The molecule has 0 spiro atoms. The molecule has 0 aliphatic heterocycles. The Hall–Kier alpha value is -1.82. The zero-order chi connectivity index (χ0) is 13.4. The highest BCUT2D eigenvalue weighted by molar-refractivity contribution is 5.82. The van der Waals surface area contributed by atoms with E-state index in [4.69, 9.17) is 0 Å². The summed E-state index contributed by atoms with van der Waals surface area (Å²) in [4.78, 5) is 0. The van der Waals surface area contributed by atoms with Crippen LogP contribution in [0.3, 0.4) is 0 Å². The molecule has 0 heteroatoms. The molecule has 1 aromatic rings. The van der Waals surface area contributed by atoms with Crippen molar-refractivity contribution < 1.29 is 0 Å². The molecule has 0 aromatic heterocycles. The van der Waals surface area contributed by atoms with Gasteiger partial charge in [0.1, 0.15) is 0 Å². The predicted octanol–water partition coefficient (Wildman–Crippen LogP) is 4.95. The number of benzene rings is 1. The Morgan fingerprint density at radius 1 is 1.21 bits per heavy atom. The van der Waals surface area contributed by atoms with Gasteiger partial charge in [0.05, 0.1) is 0 Å². The second kappa shape index (κ2) is 4.70. The Kier molecular flexibility index (Phi) is 3.02. The Bertz CT molecular complexity index is 598. The van der Waals surface area contributed by atoms with E-state index in [1.165, 1.54) is 27.8 Å². The standard InChI is InChI=1S/C19H20/c1-13(2)16-8-9-17(12-16)19-11-10-15-6-4-5-7-18(15)14(19)3/h4-9,11,16-17H,1,3,10,12H2,2H3. The lowest BCUT2D eigenvalue weighted by atomic mass is 9.80. The first-order chi connectivity index (χ1) is 9.16. The van der Waals surface area contributed by atoms with Gasteiger partial charge in [0, 0.05) is 5.92 Å². The minimum absolute atomic E-state index is 0.516. The van der Waals surface area contributed by atoms with Crippen LogP contribution in [0.5, 0.6) is 0 Å². The number of allylic oxidation sites excluding steroid dienone is 6. The molecule has 2 unspecified atom stereocenters. The minimum atomic E-state index is 0.516. The van der Waals surface area contributed by atoms with E-state index in [0.717, 1.165) is 12.8 Å². The Labute approximate surface area is 115 Å². The maximum absolute atomic E-state index is 4.33. The number of fused-ring (bicyclic) bond motifs is 1.